The van der Waals surface area contributed by atoms with Gasteiger partial charge in [-0.25, -0.2) is 14.2 Å². The average molecular weight is 323 g/mol. The van der Waals surface area contributed by atoms with Gasteiger partial charge in [0.2, 0.25) is 0 Å². The van der Waals surface area contributed by atoms with Crippen LogP contribution in [0.4, 0.5) is 9.18 Å². The zero-order valence-corrected chi connectivity index (χ0v) is 13.0. The molecule has 0 aliphatic rings. The molecule has 8 heteroatoms. The molecule has 1 aromatic carbocycles. The zero-order chi connectivity index (χ0) is 15.8. The molecule has 118 valence electrons. The van der Waals surface area contributed by atoms with Crippen LogP contribution in [0.3, 0.4) is 0 Å². The van der Waals surface area contributed by atoms with E-state index >= 15 is 0 Å². The van der Waals surface area contributed by atoms with Gasteiger partial charge in [0.05, 0.1) is 6.54 Å². The Balaban J connectivity index is 1.62. The smallest absolute Gasteiger partial charge is 0.315 e. The number of hydrogen-bond acceptors (Lipinski definition) is 4. The Labute approximate surface area is 132 Å². The second-order valence-corrected chi connectivity index (χ2v) is 5.83. The highest BCUT2D eigenvalue weighted by Crippen LogP contribution is 2.20. The molecular weight excluding hydrogens is 305 g/mol. The number of nitrogens with zero attached hydrogens (tertiary/aromatic N) is 3. The molecule has 1 heterocycles. The van der Waals surface area contributed by atoms with Crippen molar-refractivity contribution in [3.63, 3.8) is 0 Å². The molecule has 0 bridgehead atoms. The Kier molecular flexibility index (Phi) is 6.20. The topological polar surface area (TPSA) is 71.8 Å². The first-order valence-electron chi connectivity index (χ1n) is 6.89. The summed E-state index contributed by atoms with van der Waals surface area (Å²) in [4.78, 5) is 16.1. The highest BCUT2D eigenvalue weighted by atomic mass is 32.2. The Morgan fingerprint density at radius 3 is 3.00 bits per heavy atom. The van der Waals surface area contributed by atoms with Crippen molar-refractivity contribution < 1.29 is 9.18 Å². The van der Waals surface area contributed by atoms with Crippen molar-refractivity contribution in [3.05, 3.63) is 42.7 Å². The number of urea groups is 1. The van der Waals surface area contributed by atoms with Crippen molar-refractivity contribution in [1.82, 2.24) is 25.4 Å². The summed E-state index contributed by atoms with van der Waals surface area (Å²) in [5, 5.41) is 9.53. The maximum atomic E-state index is 13.4. The van der Waals surface area contributed by atoms with Crippen molar-refractivity contribution in [2.45, 2.75) is 24.4 Å². The fourth-order valence-electron chi connectivity index (χ4n) is 1.82. The summed E-state index contributed by atoms with van der Waals surface area (Å²) in [6.45, 7) is 2.90. The lowest BCUT2D eigenvalue weighted by molar-refractivity contribution is 0.237. The van der Waals surface area contributed by atoms with Gasteiger partial charge in [-0.2, -0.15) is 5.10 Å². The quantitative estimate of drug-likeness (QED) is 0.603. The molecule has 2 rings (SSSR count). The van der Waals surface area contributed by atoms with Gasteiger partial charge in [-0.05, 0) is 19.1 Å². The van der Waals surface area contributed by atoms with Crippen molar-refractivity contribution in [3.8, 4) is 0 Å². The lowest BCUT2D eigenvalue weighted by Gasteiger charge is -2.14. The van der Waals surface area contributed by atoms with E-state index in [4.69, 9.17) is 0 Å². The van der Waals surface area contributed by atoms with Gasteiger partial charge in [0, 0.05) is 23.2 Å². The number of hydrogen-bond donors (Lipinski definition) is 2. The molecule has 1 aromatic heterocycles. The molecule has 0 radical (unpaired) electrons. The number of carbonyl (C=O) groups is 1. The highest BCUT2D eigenvalue weighted by Gasteiger charge is 2.08. The lowest BCUT2D eigenvalue weighted by Crippen LogP contribution is -2.43. The molecule has 0 fully saturated rings. The van der Waals surface area contributed by atoms with Crippen LogP contribution in [0.25, 0.3) is 0 Å². The van der Waals surface area contributed by atoms with Crippen LogP contribution in [0.1, 0.15) is 6.92 Å². The van der Waals surface area contributed by atoms with Crippen LogP contribution in [0.15, 0.2) is 41.8 Å². The average Bonchev–Trinajstić information content (AvgIpc) is 2.98. The van der Waals surface area contributed by atoms with Crippen LogP contribution in [-0.4, -0.2) is 39.1 Å². The summed E-state index contributed by atoms with van der Waals surface area (Å²) in [5.41, 5.74) is 0. The zero-order valence-electron chi connectivity index (χ0n) is 12.2. The summed E-state index contributed by atoms with van der Waals surface area (Å²) >= 11 is 1.37. The monoisotopic (exact) mass is 323 g/mol. The van der Waals surface area contributed by atoms with Crippen LogP contribution < -0.4 is 10.6 Å². The maximum Gasteiger partial charge on any atom is 0.315 e. The molecule has 6 nitrogen and oxygen atoms in total. The molecule has 1 atom stereocenters. The van der Waals surface area contributed by atoms with Gasteiger partial charge in [0.1, 0.15) is 18.5 Å². The van der Waals surface area contributed by atoms with E-state index in [1.54, 1.807) is 29.2 Å². The predicted octanol–water partition coefficient (Wildman–Crippen LogP) is 1.90. The highest BCUT2D eigenvalue weighted by molar-refractivity contribution is 7.99. The number of carbonyl (C=O) groups excluding carboxylic acids is 1. The SMILES string of the molecule is C[C@H](Cn1cncn1)NC(=O)NCCSc1ccccc1F. The van der Waals surface area contributed by atoms with E-state index in [-0.39, 0.29) is 17.9 Å². The van der Waals surface area contributed by atoms with E-state index in [0.717, 1.165) is 0 Å². The minimum atomic E-state index is -0.248. The van der Waals surface area contributed by atoms with E-state index in [0.29, 0.717) is 23.7 Å². The first kappa shape index (κ1) is 16.3. The number of aromatic nitrogens is 3. The molecule has 2 amide bonds. The fourth-order valence-corrected chi connectivity index (χ4v) is 2.62. The maximum absolute atomic E-state index is 13.4. The molecule has 0 spiro atoms. The minimum Gasteiger partial charge on any atom is -0.337 e. The number of nitrogens with one attached hydrogen (secondary N) is 2. The van der Waals surface area contributed by atoms with Gasteiger partial charge in [0.15, 0.2) is 0 Å². The van der Waals surface area contributed by atoms with Crippen molar-refractivity contribution in [2.75, 3.05) is 12.3 Å². The first-order chi connectivity index (χ1) is 10.6. The molecule has 2 N–H and O–H groups in total. The Bertz CT molecular complexity index is 593. The fraction of sp³-hybridized carbons (Fsp3) is 0.357. The second-order valence-electron chi connectivity index (χ2n) is 4.70. The van der Waals surface area contributed by atoms with Crippen LogP contribution in [-0.2, 0) is 6.54 Å². The molecule has 22 heavy (non-hydrogen) atoms. The molecule has 0 saturated heterocycles. The van der Waals surface area contributed by atoms with E-state index < -0.39 is 0 Å². The third-order valence-electron chi connectivity index (χ3n) is 2.79. The number of amides is 2. The van der Waals surface area contributed by atoms with E-state index in [1.807, 2.05) is 6.92 Å². The van der Waals surface area contributed by atoms with Gasteiger partial charge >= 0.3 is 6.03 Å². The number of benzene rings is 1. The van der Waals surface area contributed by atoms with Crippen LogP contribution in [0.5, 0.6) is 0 Å². The Hall–Kier alpha value is -2.09. The first-order valence-corrected chi connectivity index (χ1v) is 7.88. The Morgan fingerprint density at radius 2 is 2.27 bits per heavy atom. The van der Waals surface area contributed by atoms with Crippen molar-refractivity contribution >= 4 is 17.8 Å². The van der Waals surface area contributed by atoms with E-state index in [2.05, 4.69) is 20.7 Å². The van der Waals surface area contributed by atoms with Crippen LogP contribution >= 0.6 is 11.8 Å². The summed E-state index contributed by atoms with van der Waals surface area (Å²) < 4.78 is 15.0. The number of halogens is 1. The summed E-state index contributed by atoms with van der Waals surface area (Å²) in [7, 11) is 0. The molecule has 0 aliphatic heterocycles. The second kappa shape index (κ2) is 8.38. The third-order valence-corrected chi connectivity index (χ3v) is 3.84. The van der Waals surface area contributed by atoms with Crippen LogP contribution in [0.2, 0.25) is 0 Å². The molecule has 0 aliphatic carbocycles. The van der Waals surface area contributed by atoms with Gasteiger partial charge in [-0.1, -0.05) is 12.1 Å². The third kappa shape index (κ3) is 5.36. The van der Waals surface area contributed by atoms with Gasteiger partial charge < -0.3 is 10.6 Å². The predicted molar refractivity (Wildman–Crippen MR) is 83.1 cm³/mol. The lowest BCUT2D eigenvalue weighted by atomic mass is 10.3. The van der Waals surface area contributed by atoms with Gasteiger partial charge in [-0.15, -0.1) is 11.8 Å². The molecule has 0 unspecified atom stereocenters. The number of rotatable bonds is 7. The molecule has 0 saturated carbocycles. The van der Waals surface area contributed by atoms with E-state index in [1.165, 1.54) is 24.2 Å². The van der Waals surface area contributed by atoms with Crippen LogP contribution in [0, 0.1) is 5.82 Å². The van der Waals surface area contributed by atoms with Crippen molar-refractivity contribution in [2.24, 2.45) is 0 Å². The van der Waals surface area contributed by atoms with E-state index in [9.17, 15) is 9.18 Å². The standard InChI is InChI=1S/C14H18FN5OS/c1-11(8-20-10-16-9-18-20)19-14(21)17-6-7-22-13-5-3-2-4-12(13)15/h2-5,9-11H,6-8H2,1H3,(H2,17,19,21)/t11-/m1/s1. The van der Waals surface area contributed by atoms with Gasteiger partial charge in [-0.3, -0.25) is 4.68 Å². The van der Waals surface area contributed by atoms with Gasteiger partial charge in [0.25, 0.3) is 0 Å². The largest absolute Gasteiger partial charge is 0.337 e. The summed E-state index contributed by atoms with van der Waals surface area (Å²) in [5.74, 6) is 0.365. The number of thioether (sulfide) groups is 1. The summed E-state index contributed by atoms with van der Waals surface area (Å²) in [6.07, 6.45) is 3.05. The Morgan fingerprint density at radius 1 is 1.45 bits per heavy atom. The minimum absolute atomic E-state index is 0.0686. The van der Waals surface area contributed by atoms with Crippen molar-refractivity contribution in [1.29, 1.82) is 0 Å². The normalized spacial score (nSPS) is 11.9. The molecular formula is C14H18FN5OS. The molecule has 2 aromatic rings. The summed E-state index contributed by atoms with van der Waals surface area (Å²) in [6, 6.07) is 6.27.